The van der Waals surface area contributed by atoms with Gasteiger partial charge in [-0.25, -0.2) is 0 Å². The number of ether oxygens (including phenoxy) is 2. The minimum Gasteiger partial charge on any atom is -0.464 e. The van der Waals surface area contributed by atoms with Gasteiger partial charge in [-0.2, -0.15) is 0 Å². The van der Waals surface area contributed by atoms with Gasteiger partial charge in [-0.3, -0.25) is 35.5 Å². The van der Waals surface area contributed by atoms with Crippen molar-refractivity contribution in [2.75, 3.05) is 46.0 Å². The van der Waals surface area contributed by atoms with E-state index in [1.54, 1.807) is 0 Å². The van der Waals surface area contributed by atoms with Crippen molar-refractivity contribution in [1.82, 2.24) is 26.2 Å². The molecule has 0 radical (unpaired) electrons. The molecule has 2 aliphatic rings. The fourth-order valence-electron chi connectivity index (χ4n) is 2.60. The van der Waals surface area contributed by atoms with E-state index in [1.807, 2.05) is 0 Å². The molecule has 162 valence electrons. The van der Waals surface area contributed by atoms with E-state index in [9.17, 15) is 19.2 Å². The number of hydrogen-bond donors (Lipinski definition) is 6. The molecule has 1 unspecified atom stereocenters. The summed E-state index contributed by atoms with van der Waals surface area (Å²) in [6.45, 7) is 3.92. The van der Waals surface area contributed by atoms with Crippen molar-refractivity contribution in [3.63, 3.8) is 0 Å². The third kappa shape index (κ3) is 7.65. The van der Waals surface area contributed by atoms with Crippen LogP contribution in [0, 0.1) is 0 Å². The summed E-state index contributed by atoms with van der Waals surface area (Å²) in [5.74, 6) is -2.53. The van der Waals surface area contributed by atoms with Crippen LogP contribution in [-0.2, 0) is 28.7 Å². The Kier molecular flexibility index (Phi) is 8.79. The number of hydrogen-bond acceptors (Lipinski definition) is 10. The van der Waals surface area contributed by atoms with E-state index in [0.717, 1.165) is 19.3 Å². The molecule has 2 aliphatic heterocycles. The number of nitrogens with one attached hydrogen (secondary N) is 4. The van der Waals surface area contributed by atoms with Crippen LogP contribution in [0.4, 0.5) is 0 Å². The molecule has 13 heteroatoms. The molecule has 0 aromatic heterocycles. The molecular formula is C16H27N7O6. The second-order valence-electron chi connectivity index (χ2n) is 6.35. The first-order valence-corrected chi connectivity index (χ1v) is 9.19. The first kappa shape index (κ1) is 22.5. The third-order valence-electron chi connectivity index (χ3n) is 4.12. The van der Waals surface area contributed by atoms with Crippen LogP contribution in [0.15, 0.2) is 11.8 Å². The van der Waals surface area contributed by atoms with Gasteiger partial charge < -0.3 is 30.7 Å². The molecular weight excluding hydrogens is 386 g/mol. The van der Waals surface area contributed by atoms with Crippen molar-refractivity contribution < 1.29 is 28.7 Å². The first-order valence-electron chi connectivity index (χ1n) is 9.19. The third-order valence-corrected chi connectivity index (χ3v) is 4.12. The Morgan fingerprint density at radius 2 is 2.03 bits per heavy atom. The van der Waals surface area contributed by atoms with Gasteiger partial charge in [0.05, 0.1) is 19.6 Å². The lowest BCUT2D eigenvalue weighted by Crippen LogP contribution is -2.59. The van der Waals surface area contributed by atoms with Crippen molar-refractivity contribution in [1.29, 1.82) is 0 Å². The molecule has 29 heavy (non-hydrogen) atoms. The largest absolute Gasteiger partial charge is 0.464 e. The smallest absolute Gasteiger partial charge is 0.307 e. The van der Waals surface area contributed by atoms with Gasteiger partial charge in [-0.05, 0) is 0 Å². The summed E-state index contributed by atoms with van der Waals surface area (Å²) in [5.41, 5.74) is 10.2. The van der Waals surface area contributed by atoms with Crippen LogP contribution in [0.2, 0.25) is 0 Å². The zero-order valence-electron chi connectivity index (χ0n) is 15.9. The van der Waals surface area contributed by atoms with Gasteiger partial charge in [-0.15, -0.1) is 0 Å². The van der Waals surface area contributed by atoms with Gasteiger partial charge in [0.1, 0.15) is 18.5 Å². The molecule has 0 aromatic carbocycles. The van der Waals surface area contributed by atoms with Crippen LogP contribution in [0.5, 0.6) is 0 Å². The molecule has 0 bridgehead atoms. The number of rotatable bonds is 9. The number of esters is 1. The molecule has 2 rings (SSSR count). The van der Waals surface area contributed by atoms with Crippen LogP contribution in [0.1, 0.15) is 6.42 Å². The van der Waals surface area contributed by atoms with Crippen LogP contribution < -0.4 is 32.7 Å². The van der Waals surface area contributed by atoms with Gasteiger partial charge in [0.2, 0.25) is 0 Å². The lowest BCUT2D eigenvalue weighted by molar-refractivity contribution is -0.144. The fourth-order valence-corrected chi connectivity index (χ4v) is 2.60. The number of carbonyl (C=O) groups is 4. The second-order valence-corrected chi connectivity index (χ2v) is 6.35. The van der Waals surface area contributed by atoms with Gasteiger partial charge in [-0.1, -0.05) is 0 Å². The Labute approximate surface area is 167 Å². The summed E-state index contributed by atoms with van der Waals surface area (Å²) in [7, 11) is 0. The second kappa shape index (κ2) is 11.3. The molecule has 13 nitrogen and oxygen atoms in total. The molecule has 0 aliphatic carbocycles. The first-order chi connectivity index (χ1) is 13.9. The van der Waals surface area contributed by atoms with Crippen molar-refractivity contribution in [2.24, 2.45) is 11.5 Å². The van der Waals surface area contributed by atoms with Crippen LogP contribution in [0.3, 0.4) is 0 Å². The lowest BCUT2D eigenvalue weighted by atomic mass is 10.2. The van der Waals surface area contributed by atoms with E-state index in [1.165, 1.54) is 0 Å². The quantitative estimate of drug-likeness (QED) is 0.122. The van der Waals surface area contributed by atoms with E-state index in [4.69, 9.17) is 20.9 Å². The standard InChI is InChI=1S/C16H27N7O6/c17-16(18)22-14(26)10-9-20-12(21-13(10)25)15(27)19-2-1-11(24)29-8-5-23-3-6-28-7-4-23/h9,12,16,20H,1-8,17-18H2,(H,19,27)(H,21,25)(H,22,26). The SMILES string of the molecule is NC(N)NC(=O)C1=CNC(C(=O)NCCC(=O)OCCN2CCOCC2)NC1=O. The molecule has 0 aromatic rings. The minimum atomic E-state index is -1.12. The minimum absolute atomic E-state index is 0.00655. The highest BCUT2D eigenvalue weighted by atomic mass is 16.5. The predicted octanol–water partition coefficient (Wildman–Crippen LogP) is -4.39. The Bertz CT molecular complexity index is 648. The average molecular weight is 413 g/mol. The van der Waals surface area contributed by atoms with Gasteiger partial charge in [0.25, 0.3) is 17.7 Å². The van der Waals surface area contributed by atoms with Crippen LogP contribution in [-0.4, -0.2) is 87.0 Å². The van der Waals surface area contributed by atoms with Gasteiger partial charge >= 0.3 is 5.97 Å². The molecule has 1 fully saturated rings. The number of morpholine rings is 1. The summed E-state index contributed by atoms with van der Waals surface area (Å²) in [5, 5.41) is 9.57. The zero-order chi connectivity index (χ0) is 21.2. The van der Waals surface area contributed by atoms with E-state index in [-0.39, 0.29) is 25.1 Å². The molecule has 0 saturated carbocycles. The maximum Gasteiger partial charge on any atom is 0.307 e. The number of amides is 3. The monoisotopic (exact) mass is 413 g/mol. The highest BCUT2D eigenvalue weighted by Gasteiger charge is 2.29. The maximum atomic E-state index is 12.1. The highest BCUT2D eigenvalue weighted by molar-refractivity contribution is 6.19. The van der Waals surface area contributed by atoms with Crippen molar-refractivity contribution in [2.45, 2.75) is 18.9 Å². The highest BCUT2D eigenvalue weighted by Crippen LogP contribution is 2.01. The lowest BCUT2D eigenvalue weighted by Gasteiger charge is -2.26. The Morgan fingerprint density at radius 1 is 1.31 bits per heavy atom. The molecule has 3 amide bonds. The summed E-state index contributed by atoms with van der Waals surface area (Å²) in [4.78, 5) is 49.6. The van der Waals surface area contributed by atoms with Gasteiger partial charge in [0, 0.05) is 32.4 Å². The number of nitrogens with zero attached hydrogens (tertiary/aromatic N) is 1. The molecule has 1 saturated heterocycles. The molecule has 1 atom stereocenters. The van der Waals surface area contributed by atoms with Crippen LogP contribution >= 0.6 is 0 Å². The van der Waals surface area contributed by atoms with E-state index in [2.05, 4.69) is 26.2 Å². The van der Waals surface area contributed by atoms with E-state index >= 15 is 0 Å². The average Bonchev–Trinajstić information content (AvgIpc) is 2.68. The maximum absolute atomic E-state index is 12.1. The summed E-state index contributed by atoms with van der Waals surface area (Å²) < 4.78 is 10.4. The van der Waals surface area contributed by atoms with E-state index in [0.29, 0.717) is 19.8 Å². The predicted molar refractivity (Wildman–Crippen MR) is 99.3 cm³/mol. The number of nitrogens with two attached hydrogens (primary N) is 2. The fraction of sp³-hybridized carbons (Fsp3) is 0.625. The summed E-state index contributed by atoms with van der Waals surface area (Å²) >= 11 is 0. The van der Waals surface area contributed by atoms with Crippen molar-refractivity contribution >= 4 is 23.7 Å². The molecule has 2 heterocycles. The van der Waals surface area contributed by atoms with E-state index < -0.39 is 36.1 Å². The Hall–Kier alpha value is -2.74. The number of carbonyl (C=O) groups excluding carboxylic acids is 4. The van der Waals surface area contributed by atoms with Crippen molar-refractivity contribution in [3.05, 3.63) is 11.8 Å². The zero-order valence-corrected chi connectivity index (χ0v) is 15.9. The summed E-state index contributed by atoms with van der Waals surface area (Å²) in [6, 6.07) is 0. The topological polar surface area (TPSA) is 190 Å². The van der Waals surface area contributed by atoms with Crippen LogP contribution in [0.25, 0.3) is 0 Å². The molecule has 8 N–H and O–H groups in total. The molecule has 0 spiro atoms. The Balaban J connectivity index is 1.63. The van der Waals surface area contributed by atoms with Gasteiger partial charge in [0.15, 0.2) is 6.17 Å². The Morgan fingerprint density at radius 3 is 2.69 bits per heavy atom. The van der Waals surface area contributed by atoms with Crippen molar-refractivity contribution in [3.8, 4) is 0 Å². The normalized spacial score (nSPS) is 19.6. The summed E-state index contributed by atoms with van der Waals surface area (Å²) in [6.07, 6.45) is -1.11.